The highest BCUT2D eigenvalue weighted by molar-refractivity contribution is 9.10. The maximum Gasteiger partial charge on any atom is 0.407 e. The predicted molar refractivity (Wildman–Crippen MR) is 63.3 cm³/mol. The van der Waals surface area contributed by atoms with Gasteiger partial charge < -0.3 is 10.1 Å². The van der Waals surface area contributed by atoms with Crippen molar-refractivity contribution in [1.82, 2.24) is 5.32 Å². The van der Waals surface area contributed by atoms with E-state index in [1.807, 2.05) is 12.1 Å². The summed E-state index contributed by atoms with van der Waals surface area (Å²) in [4.78, 5) is 11.1. The number of cyclic esters (lactones) is 1. The summed E-state index contributed by atoms with van der Waals surface area (Å²) in [6.45, 7) is 0.495. The average molecular weight is 282 g/mol. The van der Waals surface area contributed by atoms with E-state index < -0.39 is 0 Å². The van der Waals surface area contributed by atoms with E-state index in [4.69, 9.17) is 4.74 Å². The maximum absolute atomic E-state index is 11.1. The van der Waals surface area contributed by atoms with Gasteiger partial charge in [-0.25, -0.2) is 4.79 Å². The number of amides is 1. The summed E-state index contributed by atoms with van der Waals surface area (Å²) in [5, 5.41) is 2.90. The summed E-state index contributed by atoms with van der Waals surface area (Å²) in [5.74, 6) is 0. The summed E-state index contributed by atoms with van der Waals surface area (Å²) in [6, 6.07) is 8.49. The molecule has 16 heavy (non-hydrogen) atoms. The fourth-order valence-corrected chi connectivity index (χ4v) is 2.70. The largest absolute Gasteiger partial charge is 0.447 e. The molecule has 84 valence electrons. The Labute approximate surface area is 102 Å². The molecule has 1 aromatic rings. The Balaban J connectivity index is 1.88. The van der Waals surface area contributed by atoms with Gasteiger partial charge in [-0.1, -0.05) is 28.1 Å². The fraction of sp³-hybridized carbons (Fsp3) is 0.417. The lowest BCUT2D eigenvalue weighted by molar-refractivity contribution is 0.176. The van der Waals surface area contributed by atoms with E-state index in [1.54, 1.807) is 0 Å². The Morgan fingerprint density at radius 1 is 1.31 bits per heavy atom. The van der Waals surface area contributed by atoms with Crippen LogP contribution in [0.1, 0.15) is 18.4 Å². The molecule has 1 aliphatic heterocycles. The fourth-order valence-electron chi connectivity index (χ4n) is 2.44. The van der Waals surface area contributed by atoms with E-state index in [2.05, 4.69) is 33.4 Å². The molecule has 1 saturated heterocycles. The summed E-state index contributed by atoms with van der Waals surface area (Å²) in [6.07, 6.45) is 1.97. The molecular formula is C12H12BrNO2. The minimum Gasteiger partial charge on any atom is -0.447 e. The van der Waals surface area contributed by atoms with Crippen LogP contribution in [0.5, 0.6) is 0 Å². The van der Waals surface area contributed by atoms with Crippen LogP contribution in [0.15, 0.2) is 28.7 Å². The van der Waals surface area contributed by atoms with Crippen molar-refractivity contribution in [2.24, 2.45) is 0 Å². The molecule has 3 rings (SSSR count). The molecule has 2 aliphatic rings. The van der Waals surface area contributed by atoms with E-state index in [1.165, 1.54) is 5.56 Å². The van der Waals surface area contributed by atoms with Crippen molar-refractivity contribution < 1.29 is 9.53 Å². The van der Waals surface area contributed by atoms with E-state index in [0.717, 1.165) is 17.3 Å². The summed E-state index contributed by atoms with van der Waals surface area (Å²) in [5.41, 5.74) is 1.42. The number of hydrogen-bond donors (Lipinski definition) is 1. The van der Waals surface area contributed by atoms with Crippen LogP contribution in [0.25, 0.3) is 0 Å². The lowest BCUT2D eigenvalue weighted by atomic mass is 9.89. The van der Waals surface area contributed by atoms with Gasteiger partial charge >= 0.3 is 6.09 Å². The van der Waals surface area contributed by atoms with Gasteiger partial charge in [0.1, 0.15) is 6.61 Å². The molecule has 1 aliphatic carbocycles. The SMILES string of the molecule is O=C1NC(C2(c3ccc(Br)cc3)CC2)CO1. The Morgan fingerprint density at radius 2 is 2.00 bits per heavy atom. The molecule has 0 bridgehead atoms. The van der Waals surface area contributed by atoms with Crippen LogP contribution in [0.2, 0.25) is 0 Å². The molecule has 1 atom stereocenters. The van der Waals surface area contributed by atoms with Crippen LogP contribution in [0, 0.1) is 0 Å². The molecule has 0 radical (unpaired) electrons. The first-order valence-electron chi connectivity index (χ1n) is 5.40. The number of carbonyl (C=O) groups is 1. The molecule has 1 N–H and O–H groups in total. The molecule has 1 aromatic carbocycles. The van der Waals surface area contributed by atoms with Crippen molar-refractivity contribution in [3.8, 4) is 0 Å². The molecule has 2 fully saturated rings. The molecule has 1 amide bonds. The Kier molecular flexibility index (Phi) is 2.21. The first kappa shape index (κ1) is 10.1. The Bertz CT molecular complexity index is 425. The molecule has 1 heterocycles. The van der Waals surface area contributed by atoms with Gasteiger partial charge in [0.15, 0.2) is 0 Å². The zero-order valence-corrected chi connectivity index (χ0v) is 10.3. The zero-order valence-electron chi connectivity index (χ0n) is 8.70. The standard InChI is InChI=1S/C12H12BrNO2/c13-9-3-1-8(2-4-9)12(5-6-12)10-7-16-11(15)14-10/h1-4,10H,5-7H2,(H,14,15). The normalized spacial score (nSPS) is 26.1. The second kappa shape index (κ2) is 3.48. The van der Waals surface area contributed by atoms with Gasteiger partial charge in [0.25, 0.3) is 0 Å². The highest BCUT2D eigenvalue weighted by atomic mass is 79.9. The van der Waals surface area contributed by atoms with Gasteiger partial charge in [0, 0.05) is 9.89 Å². The average Bonchev–Trinajstić information content (AvgIpc) is 2.97. The van der Waals surface area contributed by atoms with Crippen molar-refractivity contribution in [3.05, 3.63) is 34.3 Å². The first-order valence-corrected chi connectivity index (χ1v) is 6.19. The van der Waals surface area contributed by atoms with Gasteiger partial charge in [-0.2, -0.15) is 0 Å². The lowest BCUT2D eigenvalue weighted by Gasteiger charge is -2.21. The number of carbonyl (C=O) groups excluding carboxylic acids is 1. The van der Waals surface area contributed by atoms with Crippen molar-refractivity contribution in [3.63, 3.8) is 0 Å². The Morgan fingerprint density at radius 3 is 2.50 bits per heavy atom. The van der Waals surface area contributed by atoms with E-state index >= 15 is 0 Å². The molecule has 1 unspecified atom stereocenters. The van der Waals surface area contributed by atoms with E-state index in [9.17, 15) is 4.79 Å². The van der Waals surface area contributed by atoms with Crippen LogP contribution in [-0.2, 0) is 10.2 Å². The number of halogens is 1. The number of alkyl carbamates (subject to hydrolysis) is 1. The molecule has 0 aromatic heterocycles. The number of ether oxygens (including phenoxy) is 1. The van der Waals surface area contributed by atoms with Crippen molar-refractivity contribution >= 4 is 22.0 Å². The molecule has 4 heteroatoms. The minimum atomic E-state index is -0.284. The van der Waals surface area contributed by atoms with Crippen LogP contribution < -0.4 is 5.32 Å². The van der Waals surface area contributed by atoms with E-state index in [0.29, 0.717) is 6.61 Å². The minimum absolute atomic E-state index is 0.118. The molecule has 1 saturated carbocycles. The zero-order chi connectivity index (χ0) is 11.2. The van der Waals surface area contributed by atoms with Crippen LogP contribution in [-0.4, -0.2) is 18.7 Å². The number of rotatable bonds is 2. The highest BCUT2D eigenvalue weighted by Crippen LogP contribution is 2.51. The second-order valence-electron chi connectivity index (χ2n) is 4.46. The second-order valence-corrected chi connectivity index (χ2v) is 5.37. The predicted octanol–water partition coefficient (Wildman–Crippen LogP) is 2.59. The third-order valence-corrected chi connectivity index (χ3v) is 4.08. The highest BCUT2D eigenvalue weighted by Gasteiger charge is 2.53. The van der Waals surface area contributed by atoms with Gasteiger partial charge in [-0.3, -0.25) is 0 Å². The van der Waals surface area contributed by atoms with E-state index in [-0.39, 0.29) is 17.6 Å². The lowest BCUT2D eigenvalue weighted by Crippen LogP contribution is -2.38. The van der Waals surface area contributed by atoms with Gasteiger partial charge in [-0.05, 0) is 30.5 Å². The quantitative estimate of drug-likeness (QED) is 0.905. The van der Waals surface area contributed by atoms with Crippen molar-refractivity contribution in [2.75, 3.05) is 6.61 Å². The van der Waals surface area contributed by atoms with Crippen molar-refractivity contribution in [2.45, 2.75) is 24.3 Å². The molecule has 3 nitrogen and oxygen atoms in total. The monoisotopic (exact) mass is 281 g/mol. The Hall–Kier alpha value is -1.03. The smallest absolute Gasteiger partial charge is 0.407 e. The number of nitrogens with one attached hydrogen (secondary N) is 1. The van der Waals surface area contributed by atoms with Gasteiger partial charge in [0.05, 0.1) is 6.04 Å². The maximum atomic E-state index is 11.1. The van der Waals surface area contributed by atoms with Crippen molar-refractivity contribution in [1.29, 1.82) is 0 Å². The first-order chi connectivity index (χ1) is 7.71. The third-order valence-electron chi connectivity index (χ3n) is 3.55. The number of benzene rings is 1. The summed E-state index contributed by atoms with van der Waals surface area (Å²) >= 11 is 3.43. The third kappa shape index (κ3) is 1.52. The molecular weight excluding hydrogens is 270 g/mol. The van der Waals surface area contributed by atoms with Gasteiger partial charge in [0.2, 0.25) is 0 Å². The van der Waals surface area contributed by atoms with Gasteiger partial charge in [-0.15, -0.1) is 0 Å². The summed E-state index contributed by atoms with van der Waals surface area (Å²) in [7, 11) is 0. The van der Waals surface area contributed by atoms with Crippen LogP contribution in [0.3, 0.4) is 0 Å². The van der Waals surface area contributed by atoms with Crippen LogP contribution >= 0.6 is 15.9 Å². The van der Waals surface area contributed by atoms with Crippen LogP contribution in [0.4, 0.5) is 4.79 Å². The number of hydrogen-bond acceptors (Lipinski definition) is 2. The summed E-state index contributed by atoms with van der Waals surface area (Å²) < 4.78 is 6.06. The molecule has 0 spiro atoms. The topological polar surface area (TPSA) is 38.3 Å².